The van der Waals surface area contributed by atoms with Crippen LogP contribution in [0.25, 0.3) is 0 Å². The lowest BCUT2D eigenvalue weighted by atomic mass is 10.1. The molecule has 0 bridgehead atoms. The summed E-state index contributed by atoms with van der Waals surface area (Å²) in [6.45, 7) is -0.169. The molecular formula is C14H19N5O8S. The lowest BCUT2D eigenvalue weighted by Gasteiger charge is -2.09. The Hall–Kier alpha value is -3.13. The molecule has 0 aliphatic carbocycles. The number of hydrazine groups is 1. The Balaban J connectivity index is 2.25. The van der Waals surface area contributed by atoms with Gasteiger partial charge in [-0.2, -0.15) is 0 Å². The lowest BCUT2D eigenvalue weighted by Crippen LogP contribution is -2.37. The average Bonchev–Trinajstić information content (AvgIpc) is 2.63. The first-order valence-corrected chi connectivity index (χ1v) is 9.64. The van der Waals surface area contributed by atoms with Gasteiger partial charge in [0.15, 0.2) is 0 Å². The van der Waals surface area contributed by atoms with Crippen molar-refractivity contribution in [1.29, 1.82) is 0 Å². The number of ketones is 1. The molecule has 0 aromatic carbocycles. The Labute approximate surface area is 159 Å². The van der Waals surface area contributed by atoms with Gasteiger partial charge in [-0.1, -0.05) is 0 Å². The van der Waals surface area contributed by atoms with Gasteiger partial charge in [0.05, 0.1) is 10.7 Å². The zero-order valence-corrected chi connectivity index (χ0v) is 15.4. The zero-order valence-electron chi connectivity index (χ0n) is 14.6. The monoisotopic (exact) mass is 417 g/mol. The number of carboxylic acids is 1. The number of nitro groups is 1. The van der Waals surface area contributed by atoms with Crippen LogP contribution in [0.4, 0.5) is 11.5 Å². The van der Waals surface area contributed by atoms with Crippen molar-refractivity contribution in [3.63, 3.8) is 0 Å². The molecule has 13 nitrogen and oxygen atoms in total. The van der Waals surface area contributed by atoms with Crippen molar-refractivity contribution in [2.75, 3.05) is 17.7 Å². The number of nitrogens with one attached hydrogen (secondary N) is 3. The number of hydrogen-bond donors (Lipinski definition) is 4. The van der Waals surface area contributed by atoms with Crippen LogP contribution in [0, 0.1) is 10.1 Å². The molecule has 28 heavy (non-hydrogen) atoms. The molecule has 1 amide bonds. The Morgan fingerprint density at radius 2 is 1.86 bits per heavy atom. The normalized spacial score (nSPS) is 10.9. The smallest absolute Gasteiger partial charge is 0.372 e. The highest BCUT2D eigenvalue weighted by Gasteiger charge is 2.13. The minimum Gasteiger partial charge on any atom is -0.476 e. The van der Waals surface area contributed by atoms with E-state index >= 15 is 0 Å². The molecule has 0 fully saturated rings. The Morgan fingerprint density at radius 1 is 1.18 bits per heavy atom. The molecule has 1 aromatic rings. The van der Waals surface area contributed by atoms with Gasteiger partial charge < -0.3 is 10.4 Å². The van der Waals surface area contributed by atoms with Crippen molar-refractivity contribution in [2.24, 2.45) is 0 Å². The molecule has 0 spiro atoms. The van der Waals surface area contributed by atoms with E-state index in [-0.39, 0.29) is 37.3 Å². The molecule has 0 atom stereocenters. The molecule has 0 saturated carbocycles. The molecule has 1 heterocycles. The van der Waals surface area contributed by atoms with Crippen molar-refractivity contribution in [2.45, 2.75) is 25.7 Å². The number of carbonyl (C=O) groups is 3. The largest absolute Gasteiger partial charge is 0.476 e. The average molecular weight is 417 g/mol. The SMILES string of the molecule is O=C(CCCCC(=O)C(=O)O)NCCS(=O)(=O)NNc1ccc([N+](=O)[O-])cn1. The van der Waals surface area contributed by atoms with Gasteiger partial charge in [-0.25, -0.2) is 18.2 Å². The van der Waals surface area contributed by atoms with E-state index in [9.17, 15) is 32.9 Å². The van der Waals surface area contributed by atoms with Crippen molar-refractivity contribution in [3.8, 4) is 0 Å². The van der Waals surface area contributed by atoms with Gasteiger partial charge in [-0.15, -0.1) is 4.83 Å². The first-order valence-electron chi connectivity index (χ1n) is 7.99. The van der Waals surface area contributed by atoms with Crippen LogP contribution in [0.3, 0.4) is 0 Å². The Morgan fingerprint density at radius 3 is 2.43 bits per heavy atom. The number of carboxylic acid groups (broad SMARTS) is 1. The maximum atomic E-state index is 11.8. The molecule has 0 aliphatic rings. The van der Waals surface area contributed by atoms with Crippen molar-refractivity contribution < 1.29 is 32.8 Å². The van der Waals surface area contributed by atoms with Crippen LogP contribution in [0.2, 0.25) is 0 Å². The highest BCUT2D eigenvalue weighted by molar-refractivity contribution is 7.89. The van der Waals surface area contributed by atoms with Crippen LogP contribution in [0.15, 0.2) is 18.3 Å². The molecule has 1 aromatic heterocycles. The predicted octanol–water partition coefficient (Wildman–Crippen LogP) is -0.434. The highest BCUT2D eigenvalue weighted by Crippen LogP contribution is 2.11. The molecule has 1 rings (SSSR count). The lowest BCUT2D eigenvalue weighted by molar-refractivity contribution is -0.385. The van der Waals surface area contributed by atoms with Gasteiger partial charge in [0.1, 0.15) is 12.0 Å². The summed E-state index contributed by atoms with van der Waals surface area (Å²) < 4.78 is 23.6. The molecule has 0 radical (unpaired) electrons. The van der Waals surface area contributed by atoms with Crippen molar-refractivity contribution >= 4 is 39.2 Å². The third-order valence-electron chi connectivity index (χ3n) is 3.28. The number of nitrogens with zero attached hydrogens (tertiary/aromatic N) is 2. The Bertz CT molecular complexity index is 825. The fraction of sp³-hybridized carbons (Fsp3) is 0.429. The number of sulfonamides is 1. The maximum absolute atomic E-state index is 11.8. The first-order chi connectivity index (χ1) is 13.1. The molecule has 0 saturated heterocycles. The number of unbranched alkanes of at least 4 members (excludes halogenated alkanes) is 1. The number of hydrogen-bond acceptors (Lipinski definition) is 9. The topological polar surface area (TPSA) is 198 Å². The summed E-state index contributed by atoms with van der Waals surface area (Å²) in [4.78, 5) is 48.3. The van der Waals surface area contributed by atoms with E-state index in [4.69, 9.17) is 5.11 Å². The van der Waals surface area contributed by atoms with Crippen LogP contribution in [-0.4, -0.2) is 53.4 Å². The van der Waals surface area contributed by atoms with Crippen molar-refractivity contribution in [3.05, 3.63) is 28.4 Å². The quantitative estimate of drug-likeness (QED) is 0.141. The summed E-state index contributed by atoms with van der Waals surface area (Å²) in [5.41, 5.74) is 2.04. The summed E-state index contributed by atoms with van der Waals surface area (Å²) in [6, 6.07) is 2.37. The van der Waals surface area contributed by atoms with E-state index in [1.54, 1.807) is 0 Å². The van der Waals surface area contributed by atoms with E-state index in [0.29, 0.717) is 6.42 Å². The number of amides is 1. The minimum atomic E-state index is -3.81. The molecule has 14 heteroatoms. The van der Waals surface area contributed by atoms with E-state index in [0.717, 1.165) is 12.3 Å². The third-order valence-corrected chi connectivity index (χ3v) is 4.44. The minimum absolute atomic E-state index is 0.0331. The van der Waals surface area contributed by atoms with Gasteiger partial charge in [0.2, 0.25) is 21.7 Å². The molecule has 0 aliphatic heterocycles. The predicted molar refractivity (Wildman–Crippen MR) is 95.6 cm³/mol. The number of anilines is 1. The van der Waals surface area contributed by atoms with E-state index < -0.39 is 38.4 Å². The second kappa shape index (κ2) is 10.9. The zero-order chi connectivity index (χ0) is 21.2. The van der Waals surface area contributed by atoms with Crippen LogP contribution in [0.5, 0.6) is 0 Å². The van der Waals surface area contributed by atoms with Gasteiger partial charge in [0, 0.05) is 25.5 Å². The summed E-state index contributed by atoms with van der Waals surface area (Å²) in [7, 11) is -3.81. The van der Waals surface area contributed by atoms with E-state index in [2.05, 4.69) is 15.7 Å². The number of aliphatic carboxylic acids is 1. The molecule has 0 unspecified atom stereocenters. The van der Waals surface area contributed by atoms with Gasteiger partial charge in [-0.05, 0) is 18.9 Å². The second-order valence-electron chi connectivity index (χ2n) is 5.49. The summed E-state index contributed by atoms with van der Waals surface area (Å²) in [5.74, 6) is -3.25. The van der Waals surface area contributed by atoms with Crippen LogP contribution in [-0.2, 0) is 24.4 Å². The van der Waals surface area contributed by atoms with Crippen LogP contribution < -0.4 is 15.6 Å². The number of aromatic nitrogens is 1. The number of pyridine rings is 1. The fourth-order valence-electron chi connectivity index (χ4n) is 1.84. The number of rotatable bonds is 13. The molecule has 154 valence electrons. The standard InChI is InChI=1S/C14H19N5O8S/c20-11(14(22)23)3-1-2-4-13(21)15-7-8-28(26,27)18-17-12-6-5-10(9-16-12)19(24)25/h5-6,9,18H,1-4,7-8H2,(H,15,21)(H,16,17)(H,22,23). The summed E-state index contributed by atoms with van der Waals surface area (Å²) >= 11 is 0. The van der Waals surface area contributed by atoms with Crippen molar-refractivity contribution in [1.82, 2.24) is 15.1 Å². The fourth-order valence-corrected chi connectivity index (χ4v) is 2.57. The summed E-state index contributed by atoms with van der Waals surface area (Å²) in [6.07, 6.45) is 1.36. The maximum Gasteiger partial charge on any atom is 0.372 e. The highest BCUT2D eigenvalue weighted by atomic mass is 32.2. The molecular weight excluding hydrogens is 398 g/mol. The first kappa shape index (κ1) is 22.9. The van der Waals surface area contributed by atoms with E-state index in [1.165, 1.54) is 6.07 Å². The number of Topliss-reactive ketones (excluding diaryl/α,β-unsaturated/α-hetero) is 1. The van der Waals surface area contributed by atoms with E-state index in [1.807, 2.05) is 4.83 Å². The molecule has 4 N–H and O–H groups in total. The Kier molecular flexibility index (Phi) is 8.90. The van der Waals surface area contributed by atoms with Crippen LogP contribution in [0.1, 0.15) is 25.7 Å². The van der Waals surface area contributed by atoms with Gasteiger partial charge >= 0.3 is 5.97 Å². The number of carbonyl (C=O) groups excluding carboxylic acids is 2. The third kappa shape index (κ3) is 9.00. The summed E-state index contributed by atoms with van der Waals surface area (Å²) in [5, 5.41) is 21.3. The van der Waals surface area contributed by atoms with Gasteiger partial charge in [0.25, 0.3) is 5.69 Å². The second-order valence-corrected chi connectivity index (χ2v) is 7.33. The van der Waals surface area contributed by atoms with Gasteiger partial charge in [-0.3, -0.25) is 25.1 Å². The van der Waals surface area contributed by atoms with Crippen LogP contribution >= 0.6 is 0 Å².